The van der Waals surface area contributed by atoms with Crippen LogP contribution in [0.4, 0.5) is 5.69 Å². The summed E-state index contributed by atoms with van der Waals surface area (Å²) in [5.74, 6) is 0.795. The summed E-state index contributed by atoms with van der Waals surface area (Å²) in [6.07, 6.45) is 3.80. The monoisotopic (exact) mass is 283 g/mol. The lowest BCUT2D eigenvalue weighted by atomic mass is 10.1. The van der Waals surface area contributed by atoms with Crippen LogP contribution in [0.5, 0.6) is 5.75 Å². The molecule has 0 saturated heterocycles. The second-order valence-corrected chi connectivity index (χ2v) is 4.67. The van der Waals surface area contributed by atoms with Gasteiger partial charge >= 0.3 is 0 Å². The molecule has 2 heterocycles. The molecular weight excluding hydrogens is 266 g/mol. The molecule has 2 N–H and O–H groups in total. The Morgan fingerprint density at radius 1 is 1.24 bits per heavy atom. The van der Waals surface area contributed by atoms with Crippen LogP contribution in [0.2, 0.25) is 0 Å². The second kappa shape index (κ2) is 5.85. The zero-order chi connectivity index (χ0) is 14.7. The Bertz CT molecular complexity index is 735. The standard InChI is InChI=1S/C16H17N3O2/c1-21-14-6-8-19-15(11-18-16(19)10-14)12-2-4-13(5-3-12)17-7-9-20/h2-6,8,10-11,17,20H,7,9H2,1H3. The number of rotatable bonds is 5. The number of nitrogens with zero attached hydrogens (tertiary/aromatic N) is 2. The molecule has 0 fully saturated rings. The lowest BCUT2D eigenvalue weighted by Gasteiger charge is -2.06. The van der Waals surface area contributed by atoms with E-state index in [1.165, 1.54) is 0 Å². The summed E-state index contributed by atoms with van der Waals surface area (Å²) in [5, 5.41) is 11.9. The van der Waals surface area contributed by atoms with Crippen LogP contribution in [0.25, 0.3) is 16.9 Å². The van der Waals surface area contributed by atoms with Gasteiger partial charge in [0.05, 0.1) is 25.6 Å². The molecular formula is C16H17N3O2. The summed E-state index contributed by atoms with van der Waals surface area (Å²) in [5.41, 5.74) is 3.96. The van der Waals surface area contributed by atoms with Crippen LogP contribution in [0, 0.1) is 0 Å². The Balaban J connectivity index is 1.93. The van der Waals surface area contributed by atoms with E-state index in [9.17, 15) is 0 Å². The maximum Gasteiger partial charge on any atom is 0.140 e. The number of aliphatic hydroxyl groups is 1. The van der Waals surface area contributed by atoms with Crippen molar-refractivity contribution < 1.29 is 9.84 Å². The van der Waals surface area contributed by atoms with Crippen molar-refractivity contribution in [2.24, 2.45) is 0 Å². The Hall–Kier alpha value is -2.53. The van der Waals surface area contributed by atoms with Crippen LogP contribution in [-0.2, 0) is 0 Å². The lowest BCUT2D eigenvalue weighted by Crippen LogP contribution is -2.04. The van der Waals surface area contributed by atoms with E-state index in [-0.39, 0.29) is 6.61 Å². The van der Waals surface area contributed by atoms with Crippen molar-refractivity contribution in [2.45, 2.75) is 0 Å². The number of ether oxygens (including phenoxy) is 1. The van der Waals surface area contributed by atoms with Crippen molar-refractivity contribution in [2.75, 3.05) is 25.6 Å². The number of hydrogen-bond donors (Lipinski definition) is 2. The Labute approximate surface area is 122 Å². The summed E-state index contributed by atoms with van der Waals surface area (Å²) in [6.45, 7) is 0.672. The molecule has 0 atom stereocenters. The van der Waals surface area contributed by atoms with Crippen LogP contribution in [0.1, 0.15) is 0 Å². The van der Waals surface area contributed by atoms with Crippen LogP contribution in [0.15, 0.2) is 48.8 Å². The summed E-state index contributed by atoms with van der Waals surface area (Å²) >= 11 is 0. The van der Waals surface area contributed by atoms with Crippen molar-refractivity contribution in [3.05, 3.63) is 48.8 Å². The van der Waals surface area contributed by atoms with Crippen LogP contribution in [0.3, 0.4) is 0 Å². The molecule has 0 aliphatic carbocycles. The first-order valence-corrected chi connectivity index (χ1v) is 6.78. The highest BCUT2D eigenvalue weighted by Crippen LogP contribution is 2.24. The van der Waals surface area contributed by atoms with Gasteiger partial charge in [0.2, 0.25) is 0 Å². The molecule has 3 aromatic rings. The van der Waals surface area contributed by atoms with E-state index in [1.54, 1.807) is 7.11 Å². The summed E-state index contributed by atoms with van der Waals surface area (Å²) in [4.78, 5) is 4.41. The number of aromatic nitrogens is 2. The van der Waals surface area contributed by atoms with Gasteiger partial charge in [0, 0.05) is 30.1 Å². The number of hydrogen-bond acceptors (Lipinski definition) is 4. The number of anilines is 1. The van der Waals surface area contributed by atoms with Gasteiger partial charge in [0.15, 0.2) is 0 Å². The Kier molecular flexibility index (Phi) is 3.75. The van der Waals surface area contributed by atoms with Gasteiger partial charge in [-0.1, -0.05) is 12.1 Å². The molecule has 108 valence electrons. The summed E-state index contributed by atoms with van der Waals surface area (Å²) < 4.78 is 7.23. The summed E-state index contributed by atoms with van der Waals surface area (Å²) in [7, 11) is 1.65. The quantitative estimate of drug-likeness (QED) is 0.755. The van der Waals surface area contributed by atoms with Gasteiger partial charge in [-0.05, 0) is 18.2 Å². The molecule has 0 amide bonds. The second-order valence-electron chi connectivity index (χ2n) is 4.67. The highest BCUT2D eigenvalue weighted by molar-refractivity contribution is 5.66. The molecule has 2 aromatic heterocycles. The molecule has 0 bridgehead atoms. The van der Waals surface area contributed by atoms with E-state index < -0.39 is 0 Å². The molecule has 0 spiro atoms. The SMILES string of the molecule is COc1ccn2c(-c3ccc(NCCO)cc3)cnc2c1. The van der Waals surface area contributed by atoms with E-state index >= 15 is 0 Å². The predicted molar refractivity (Wildman–Crippen MR) is 82.8 cm³/mol. The number of benzene rings is 1. The third-order valence-electron chi connectivity index (χ3n) is 3.34. The van der Waals surface area contributed by atoms with Gasteiger partial charge in [-0.25, -0.2) is 4.98 Å². The molecule has 0 radical (unpaired) electrons. The molecule has 0 aliphatic heterocycles. The third-order valence-corrected chi connectivity index (χ3v) is 3.34. The highest BCUT2D eigenvalue weighted by Gasteiger charge is 2.06. The van der Waals surface area contributed by atoms with Gasteiger partial charge in [0.1, 0.15) is 11.4 Å². The largest absolute Gasteiger partial charge is 0.497 e. The molecule has 0 saturated carbocycles. The zero-order valence-corrected chi connectivity index (χ0v) is 11.8. The third kappa shape index (κ3) is 2.68. The van der Waals surface area contributed by atoms with Crippen molar-refractivity contribution >= 4 is 11.3 Å². The molecule has 0 unspecified atom stereocenters. The van der Waals surface area contributed by atoms with Crippen LogP contribution >= 0.6 is 0 Å². The van der Waals surface area contributed by atoms with E-state index in [0.717, 1.165) is 28.3 Å². The van der Waals surface area contributed by atoms with Gasteiger partial charge in [0.25, 0.3) is 0 Å². The van der Waals surface area contributed by atoms with Crippen molar-refractivity contribution in [1.29, 1.82) is 0 Å². The van der Waals surface area contributed by atoms with Gasteiger partial charge in [-0.3, -0.25) is 4.40 Å². The van der Waals surface area contributed by atoms with Crippen LogP contribution < -0.4 is 10.1 Å². The van der Waals surface area contributed by atoms with Gasteiger partial charge < -0.3 is 15.2 Å². The van der Waals surface area contributed by atoms with E-state index in [0.29, 0.717) is 6.54 Å². The molecule has 21 heavy (non-hydrogen) atoms. The van der Waals surface area contributed by atoms with E-state index in [2.05, 4.69) is 10.3 Å². The minimum absolute atomic E-state index is 0.122. The zero-order valence-electron chi connectivity index (χ0n) is 11.8. The number of aliphatic hydroxyl groups excluding tert-OH is 1. The fraction of sp³-hybridized carbons (Fsp3) is 0.188. The Morgan fingerprint density at radius 3 is 2.76 bits per heavy atom. The number of pyridine rings is 1. The molecule has 5 heteroatoms. The van der Waals surface area contributed by atoms with E-state index in [4.69, 9.17) is 9.84 Å². The lowest BCUT2D eigenvalue weighted by molar-refractivity contribution is 0.311. The normalized spacial score (nSPS) is 10.8. The molecule has 3 rings (SSSR count). The van der Waals surface area contributed by atoms with Crippen molar-refractivity contribution in [3.63, 3.8) is 0 Å². The smallest absolute Gasteiger partial charge is 0.140 e. The molecule has 0 aliphatic rings. The first kappa shape index (κ1) is 13.5. The highest BCUT2D eigenvalue weighted by atomic mass is 16.5. The minimum Gasteiger partial charge on any atom is -0.497 e. The fourth-order valence-corrected chi connectivity index (χ4v) is 2.26. The number of nitrogens with one attached hydrogen (secondary N) is 1. The van der Waals surface area contributed by atoms with Crippen molar-refractivity contribution in [3.8, 4) is 17.0 Å². The predicted octanol–water partition coefficient (Wildman–Crippen LogP) is 2.41. The molecule has 5 nitrogen and oxygen atoms in total. The fourth-order valence-electron chi connectivity index (χ4n) is 2.26. The van der Waals surface area contributed by atoms with Gasteiger partial charge in [-0.2, -0.15) is 0 Å². The van der Waals surface area contributed by atoms with Crippen LogP contribution in [-0.4, -0.2) is 34.8 Å². The maximum atomic E-state index is 8.81. The average molecular weight is 283 g/mol. The first-order valence-electron chi connectivity index (χ1n) is 6.78. The first-order chi connectivity index (χ1) is 10.3. The minimum atomic E-state index is 0.122. The average Bonchev–Trinajstić information content (AvgIpc) is 2.96. The van der Waals surface area contributed by atoms with E-state index in [1.807, 2.05) is 53.2 Å². The number of fused-ring (bicyclic) bond motifs is 1. The topological polar surface area (TPSA) is 58.8 Å². The number of imidazole rings is 1. The number of methoxy groups -OCH3 is 1. The maximum absolute atomic E-state index is 8.81. The van der Waals surface area contributed by atoms with Gasteiger partial charge in [-0.15, -0.1) is 0 Å². The van der Waals surface area contributed by atoms with Crippen molar-refractivity contribution in [1.82, 2.24) is 9.38 Å². The molecule has 1 aromatic carbocycles. The summed E-state index contributed by atoms with van der Waals surface area (Å²) in [6, 6.07) is 11.9. The Morgan fingerprint density at radius 2 is 2.05 bits per heavy atom.